The van der Waals surface area contributed by atoms with Crippen LogP contribution in [0.25, 0.3) is 0 Å². The van der Waals surface area contributed by atoms with Crippen LogP contribution in [0.1, 0.15) is 37.0 Å². The molecule has 1 atom stereocenters. The van der Waals surface area contributed by atoms with Crippen LogP contribution in [0.15, 0.2) is 24.3 Å². The van der Waals surface area contributed by atoms with Gasteiger partial charge in [-0.25, -0.2) is 17.6 Å². The van der Waals surface area contributed by atoms with E-state index in [1.165, 1.54) is 22.7 Å². The summed E-state index contributed by atoms with van der Waals surface area (Å²) in [4.78, 5) is 14.2. The summed E-state index contributed by atoms with van der Waals surface area (Å²) in [6.45, 7) is 1.74. The smallest absolute Gasteiger partial charge is 0.321 e. The second-order valence-electron chi connectivity index (χ2n) is 7.66. The van der Waals surface area contributed by atoms with E-state index in [2.05, 4.69) is 15.5 Å². The van der Waals surface area contributed by atoms with Crippen LogP contribution in [-0.4, -0.2) is 64.3 Å². The predicted molar refractivity (Wildman–Crippen MR) is 109 cm³/mol. The topological polar surface area (TPSA) is 100 Å². The number of nitrogens with one attached hydrogen (secondary N) is 1. The summed E-state index contributed by atoms with van der Waals surface area (Å²) in [5.74, 6) is 0.870. The molecule has 0 spiro atoms. The van der Waals surface area contributed by atoms with Gasteiger partial charge in [0.25, 0.3) is 0 Å². The van der Waals surface area contributed by atoms with Crippen molar-refractivity contribution in [2.24, 2.45) is 0 Å². The molecule has 11 heteroatoms. The summed E-state index contributed by atoms with van der Waals surface area (Å²) < 4.78 is 41.8. The lowest BCUT2D eigenvalue weighted by molar-refractivity contribution is 0.211. The van der Waals surface area contributed by atoms with Crippen molar-refractivity contribution in [2.75, 3.05) is 31.2 Å². The lowest BCUT2D eigenvalue weighted by Crippen LogP contribution is -2.39. The molecule has 0 radical (unpaired) electrons. The average Bonchev–Trinajstić information content (AvgIpc) is 3.00. The van der Waals surface area contributed by atoms with E-state index in [0.29, 0.717) is 44.8 Å². The van der Waals surface area contributed by atoms with Gasteiger partial charge in [0.15, 0.2) is 5.82 Å². The third-order valence-corrected chi connectivity index (χ3v) is 6.92. The molecule has 30 heavy (non-hydrogen) atoms. The summed E-state index contributed by atoms with van der Waals surface area (Å²) in [5, 5.41) is 11.2. The number of benzene rings is 1. The maximum atomic E-state index is 13.8. The van der Waals surface area contributed by atoms with Crippen LogP contribution in [0, 0.1) is 5.82 Å². The number of carbonyl (C=O) groups excluding carboxylic acids is 1. The highest BCUT2D eigenvalue weighted by Gasteiger charge is 2.35. The maximum Gasteiger partial charge on any atom is 0.321 e. The number of piperidine rings is 1. The molecule has 2 aliphatic rings. The zero-order chi connectivity index (χ0) is 21.3. The zero-order valence-electron chi connectivity index (χ0n) is 16.8. The van der Waals surface area contributed by atoms with E-state index < -0.39 is 15.8 Å². The van der Waals surface area contributed by atoms with E-state index in [1.807, 2.05) is 4.57 Å². The number of carbonyl (C=O) groups is 1. The fourth-order valence-electron chi connectivity index (χ4n) is 4.11. The molecule has 0 aliphatic carbocycles. The Bertz CT molecular complexity index is 1040. The number of sulfonamides is 1. The Hall–Kier alpha value is -2.53. The van der Waals surface area contributed by atoms with Gasteiger partial charge in [0.2, 0.25) is 10.0 Å². The molecule has 1 fully saturated rings. The Labute approximate surface area is 174 Å². The molecule has 1 unspecified atom stereocenters. The Morgan fingerprint density at radius 2 is 1.93 bits per heavy atom. The number of hydrogen-bond donors (Lipinski definition) is 1. The van der Waals surface area contributed by atoms with Crippen LogP contribution in [0.3, 0.4) is 0 Å². The standard InChI is InChI=1S/C19H25FN6O3S/c1-30(28,29)26-10-5-4-8-16(26)18-23-22-17-9-11-24(12-13-25(17)18)19(27)21-15-7-3-2-6-14(15)20/h2-3,6-7,16H,4-5,8-13H2,1H3,(H,21,27). The van der Waals surface area contributed by atoms with Crippen LogP contribution < -0.4 is 5.32 Å². The molecular formula is C19H25FN6O3S. The molecule has 2 aromatic rings. The molecule has 2 amide bonds. The van der Waals surface area contributed by atoms with Crippen molar-refractivity contribution in [3.63, 3.8) is 0 Å². The van der Waals surface area contributed by atoms with Crippen molar-refractivity contribution in [1.82, 2.24) is 24.0 Å². The van der Waals surface area contributed by atoms with Crippen molar-refractivity contribution in [3.05, 3.63) is 41.7 Å². The van der Waals surface area contributed by atoms with E-state index in [9.17, 15) is 17.6 Å². The van der Waals surface area contributed by atoms with Gasteiger partial charge in [0, 0.05) is 32.6 Å². The third-order valence-electron chi connectivity index (χ3n) is 5.64. The highest BCUT2D eigenvalue weighted by atomic mass is 32.2. The first kappa shape index (κ1) is 20.7. The summed E-state index contributed by atoms with van der Waals surface area (Å²) in [6.07, 6.45) is 4.16. The second kappa shape index (κ2) is 8.31. The molecule has 1 aromatic carbocycles. The predicted octanol–water partition coefficient (Wildman–Crippen LogP) is 1.99. The fourth-order valence-corrected chi connectivity index (χ4v) is 5.23. The van der Waals surface area contributed by atoms with Gasteiger partial charge < -0.3 is 14.8 Å². The largest absolute Gasteiger partial charge is 0.322 e. The summed E-state index contributed by atoms with van der Waals surface area (Å²) in [7, 11) is -3.36. The van der Waals surface area contributed by atoms with E-state index in [1.54, 1.807) is 17.0 Å². The Morgan fingerprint density at radius 3 is 2.70 bits per heavy atom. The number of anilines is 1. The number of fused-ring (bicyclic) bond motifs is 1. The van der Waals surface area contributed by atoms with Crippen molar-refractivity contribution in [2.45, 2.75) is 38.3 Å². The molecular weight excluding hydrogens is 411 g/mol. The minimum Gasteiger partial charge on any atom is -0.322 e. The van der Waals surface area contributed by atoms with Crippen molar-refractivity contribution in [3.8, 4) is 0 Å². The van der Waals surface area contributed by atoms with Crippen LogP contribution >= 0.6 is 0 Å². The molecule has 3 heterocycles. The van der Waals surface area contributed by atoms with Gasteiger partial charge in [0.05, 0.1) is 18.0 Å². The summed E-state index contributed by atoms with van der Waals surface area (Å²) in [5.41, 5.74) is 0.137. The third kappa shape index (κ3) is 4.17. The Kier molecular flexibility index (Phi) is 5.74. The summed E-state index contributed by atoms with van der Waals surface area (Å²) >= 11 is 0. The highest BCUT2D eigenvalue weighted by molar-refractivity contribution is 7.88. The Balaban J connectivity index is 1.50. The molecule has 0 saturated carbocycles. The quantitative estimate of drug-likeness (QED) is 0.793. The van der Waals surface area contributed by atoms with E-state index in [0.717, 1.165) is 18.7 Å². The highest BCUT2D eigenvalue weighted by Crippen LogP contribution is 2.32. The number of urea groups is 1. The fraction of sp³-hybridized carbons (Fsp3) is 0.526. The monoisotopic (exact) mass is 436 g/mol. The summed E-state index contributed by atoms with van der Waals surface area (Å²) in [6, 6.07) is 5.32. The second-order valence-corrected chi connectivity index (χ2v) is 9.59. The molecule has 1 saturated heterocycles. The lowest BCUT2D eigenvalue weighted by atomic mass is 10.0. The number of nitrogens with zero attached hydrogens (tertiary/aromatic N) is 5. The minimum atomic E-state index is -3.36. The first-order valence-electron chi connectivity index (χ1n) is 10.0. The van der Waals surface area contributed by atoms with E-state index in [4.69, 9.17) is 0 Å². The number of para-hydroxylation sites is 1. The van der Waals surface area contributed by atoms with E-state index >= 15 is 0 Å². The van der Waals surface area contributed by atoms with Crippen molar-refractivity contribution < 1.29 is 17.6 Å². The molecule has 0 bridgehead atoms. The molecule has 1 N–H and O–H groups in total. The normalized spacial score (nSPS) is 20.5. The average molecular weight is 437 g/mol. The first-order valence-corrected chi connectivity index (χ1v) is 11.9. The van der Waals surface area contributed by atoms with Gasteiger partial charge in [-0.2, -0.15) is 4.31 Å². The van der Waals surface area contributed by atoms with Gasteiger partial charge in [-0.05, 0) is 25.0 Å². The van der Waals surface area contributed by atoms with Crippen LogP contribution in [0.2, 0.25) is 0 Å². The van der Waals surface area contributed by atoms with Crippen molar-refractivity contribution >= 4 is 21.7 Å². The van der Waals surface area contributed by atoms with E-state index in [-0.39, 0.29) is 17.8 Å². The zero-order valence-corrected chi connectivity index (χ0v) is 17.6. The van der Waals surface area contributed by atoms with Crippen LogP contribution in [0.4, 0.5) is 14.9 Å². The van der Waals surface area contributed by atoms with Crippen LogP contribution in [-0.2, 0) is 23.0 Å². The Morgan fingerprint density at radius 1 is 1.13 bits per heavy atom. The van der Waals surface area contributed by atoms with Gasteiger partial charge in [-0.15, -0.1) is 10.2 Å². The molecule has 4 rings (SSSR count). The lowest BCUT2D eigenvalue weighted by Gasteiger charge is -2.33. The van der Waals surface area contributed by atoms with Gasteiger partial charge in [-0.1, -0.05) is 18.6 Å². The number of aromatic nitrogens is 3. The number of hydrogen-bond acceptors (Lipinski definition) is 5. The number of amides is 2. The van der Waals surface area contributed by atoms with Crippen molar-refractivity contribution in [1.29, 1.82) is 0 Å². The SMILES string of the molecule is CS(=O)(=O)N1CCCCC1c1nnc2n1CCN(C(=O)Nc1ccccc1F)CC2. The maximum absolute atomic E-state index is 13.8. The first-order chi connectivity index (χ1) is 14.3. The van der Waals surface area contributed by atoms with Gasteiger partial charge in [-0.3, -0.25) is 0 Å². The van der Waals surface area contributed by atoms with Gasteiger partial charge in [0.1, 0.15) is 11.6 Å². The molecule has 162 valence electrons. The molecule has 1 aromatic heterocycles. The number of halogens is 1. The van der Waals surface area contributed by atoms with Gasteiger partial charge >= 0.3 is 6.03 Å². The minimum absolute atomic E-state index is 0.137. The van der Waals surface area contributed by atoms with Crippen LogP contribution in [0.5, 0.6) is 0 Å². The molecule has 9 nitrogen and oxygen atoms in total. The number of rotatable bonds is 3. The molecule has 2 aliphatic heterocycles.